The summed E-state index contributed by atoms with van der Waals surface area (Å²) in [6, 6.07) is 6.23. The van der Waals surface area contributed by atoms with Crippen molar-refractivity contribution in [1.29, 1.82) is 0 Å². The fraction of sp³-hybridized carbons (Fsp3) is 0.250. The van der Waals surface area contributed by atoms with E-state index in [0.717, 1.165) is 23.4 Å². The minimum Gasteiger partial charge on any atom is -0.342 e. The molecule has 0 aliphatic heterocycles. The third-order valence-corrected chi connectivity index (χ3v) is 2.26. The predicted molar refractivity (Wildman–Crippen MR) is 63.8 cm³/mol. The summed E-state index contributed by atoms with van der Waals surface area (Å²) in [7, 11) is 1.94. The van der Waals surface area contributed by atoms with Gasteiger partial charge >= 0.3 is 0 Å². The summed E-state index contributed by atoms with van der Waals surface area (Å²) in [6.07, 6.45) is 4.20. The standard InChI is InChI=1S/C12H15N3/c1-9-14-11-6-5-10(4-3-7-13-2)8-12(11)15-9/h3-6,8,13H,7H2,1-2H3,(H,14,15). The Labute approximate surface area is 89.2 Å². The Hall–Kier alpha value is -1.61. The average molecular weight is 201 g/mol. The molecule has 1 aromatic carbocycles. The molecule has 2 rings (SSSR count). The van der Waals surface area contributed by atoms with Gasteiger partial charge in [-0.3, -0.25) is 0 Å². The van der Waals surface area contributed by atoms with E-state index < -0.39 is 0 Å². The first-order valence-corrected chi connectivity index (χ1v) is 5.07. The van der Waals surface area contributed by atoms with Gasteiger partial charge in [-0.2, -0.15) is 0 Å². The van der Waals surface area contributed by atoms with Gasteiger partial charge in [0.2, 0.25) is 0 Å². The third-order valence-electron chi connectivity index (χ3n) is 2.26. The van der Waals surface area contributed by atoms with Gasteiger partial charge in [0.15, 0.2) is 0 Å². The molecule has 0 amide bonds. The van der Waals surface area contributed by atoms with E-state index in [2.05, 4.69) is 39.6 Å². The van der Waals surface area contributed by atoms with E-state index in [4.69, 9.17) is 0 Å². The first-order valence-electron chi connectivity index (χ1n) is 5.07. The Bertz CT molecular complexity index is 483. The number of nitrogens with zero attached hydrogens (tertiary/aromatic N) is 1. The molecule has 1 aromatic heterocycles. The van der Waals surface area contributed by atoms with Crippen molar-refractivity contribution >= 4 is 17.1 Å². The molecule has 0 unspecified atom stereocenters. The molecule has 0 saturated heterocycles. The van der Waals surface area contributed by atoms with Crippen LogP contribution in [0.2, 0.25) is 0 Å². The van der Waals surface area contributed by atoms with Gasteiger partial charge in [-0.1, -0.05) is 18.2 Å². The van der Waals surface area contributed by atoms with E-state index in [-0.39, 0.29) is 0 Å². The number of likely N-dealkylation sites (N-methyl/N-ethyl adjacent to an activating group) is 1. The lowest BCUT2D eigenvalue weighted by Crippen LogP contribution is -2.03. The number of hydrogen-bond acceptors (Lipinski definition) is 2. The number of nitrogens with one attached hydrogen (secondary N) is 2. The van der Waals surface area contributed by atoms with Crippen LogP contribution in [0.15, 0.2) is 24.3 Å². The fourth-order valence-electron chi connectivity index (χ4n) is 1.57. The summed E-state index contributed by atoms with van der Waals surface area (Å²) >= 11 is 0. The number of aromatic amines is 1. The second-order valence-corrected chi connectivity index (χ2v) is 3.56. The van der Waals surface area contributed by atoms with Crippen LogP contribution in [0, 0.1) is 6.92 Å². The number of aryl methyl sites for hydroxylation is 1. The summed E-state index contributed by atoms with van der Waals surface area (Å²) in [5, 5.41) is 3.07. The second-order valence-electron chi connectivity index (χ2n) is 3.56. The SMILES string of the molecule is CNCC=Cc1ccc2nc(C)[nH]c2c1. The van der Waals surface area contributed by atoms with E-state index in [1.165, 1.54) is 5.56 Å². The van der Waals surface area contributed by atoms with Crippen LogP contribution in [-0.2, 0) is 0 Å². The third kappa shape index (κ3) is 2.25. The molecule has 0 aliphatic carbocycles. The molecule has 3 heteroatoms. The summed E-state index contributed by atoms with van der Waals surface area (Å²) < 4.78 is 0. The molecule has 0 spiro atoms. The number of aromatic nitrogens is 2. The van der Waals surface area contributed by atoms with Crippen molar-refractivity contribution in [2.45, 2.75) is 6.92 Å². The molecule has 0 fully saturated rings. The van der Waals surface area contributed by atoms with Crippen molar-refractivity contribution in [3.63, 3.8) is 0 Å². The van der Waals surface area contributed by atoms with Crippen LogP contribution in [-0.4, -0.2) is 23.6 Å². The lowest BCUT2D eigenvalue weighted by molar-refractivity contribution is 0.922. The molecule has 2 N–H and O–H groups in total. The van der Waals surface area contributed by atoms with Crippen LogP contribution in [0.1, 0.15) is 11.4 Å². The zero-order chi connectivity index (χ0) is 10.7. The highest BCUT2D eigenvalue weighted by Gasteiger charge is 1.98. The van der Waals surface area contributed by atoms with Gasteiger partial charge in [0.25, 0.3) is 0 Å². The number of hydrogen-bond donors (Lipinski definition) is 2. The zero-order valence-electron chi connectivity index (χ0n) is 9.04. The number of fused-ring (bicyclic) bond motifs is 1. The Morgan fingerprint density at radius 3 is 3.13 bits per heavy atom. The van der Waals surface area contributed by atoms with E-state index in [1.54, 1.807) is 0 Å². The van der Waals surface area contributed by atoms with Gasteiger partial charge in [0.1, 0.15) is 5.82 Å². The maximum atomic E-state index is 4.36. The Morgan fingerprint density at radius 1 is 1.47 bits per heavy atom. The number of rotatable bonds is 3. The maximum Gasteiger partial charge on any atom is 0.104 e. The molecule has 0 radical (unpaired) electrons. The number of H-pyrrole nitrogens is 1. The summed E-state index contributed by atoms with van der Waals surface area (Å²) in [6.45, 7) is 2.86. The van der Waals surface area contributed by atoms with Crippen molar-refractivity contribution < 1.29 is 0 Å². The first-order chi connectivity index (χ1) is 7.29. The van der Waals surface area contributed by atoms with Gasteiger partial charge in [0.05, 0.1) is 11.0 Å². The van der Waals surface area contributed by atoms with E-state index in [0.29, 0.717) is 0 Å². The van der Waals surface area contributed by atoms with Gasteiger partial charge in [-0.25, -0.2) is 4.98 Å². The van der Waals surface area contributed by atoms with Gasteiger partial charge in [0, 0.05) is 6.54 Å². The summed E-state index contributed by atoms with van der Waals surface area (Å²) in [5.74, 6) is 0.960. The molecule has 3 nitrogen and oxygen atoms in total. The minimum absolute atomic E-state index is 0.889. The van der Waals surface area contributed by atoms with Gasteiger partial charge in [-0.15, -0.1) is 0 Å². The summed E-state index contributed by atoms with van der Waals surface area (Å²) in [5.41, 5.74) is 3.32. The van der Waals surface area contributed by atoms with Crippen LogP contribution < -0.4 is 5.32 Å². The molecular formula is C12H15N3. The first kappa shape index (κ1) is 9.93. The molecule has 0 bridgehead atoms. The topological polar surface area (TPSA) is 40.7 Å². The van der Waals surface area contributed by atoms with Crippen LogP contribution in [0.3, 0.4) is 0 Å². The lowest BCUT2D eigenvalue weighted by atomic mass is 10.2. The van der Waals surface area contributed by atoms with Gasteiger partial charge < -0.3 is 10.3 Å². The number of benzene rings is 1. The van der Waals surface area contributed by atoms with E-state index in [9.17, 15) is 0 Å². The van der Waals surface area contributed by atoms with Crippen LogP contribution in [0.5, 0.6) is 0 Å². The van der Waals surface area contributed by atoms with Crippen LogP contribution >= 0.6 is 0 Å². The van der Waals surface area contributed by atoms with Gasteiger partial charge in [-0.05, 0) is 31.7 Å². The Balaban J connectivity index is 2.30. The van der Waals surface area contributed by atoms with Crippen LogP contribution in [0.25, 0.3) is 17.1 Å². The van der Waals surface area contributed by atoms with E-state index >= 15 is 0 Å². The van der Waals surface area contributed by atoms with Crippen molar-refractivity contribution in [1.82, 2.24) is 15.3 Å². The molecular weight excluding hydrogens is 186 g/mol. The second kappa shape index (κ2) is 4.28. The smallest absolute Gasteiger partial charge is 0.104 e. The van der Waals surface area contributed by atoms with Crippen molar-refractivity contribution in [3.8, 4) is 0 Å². The van der Waals surface area contributed by atoms with Crippen molar-refractivity contribution in [3.05, 3.63) is 35.7 Å². The molecule has 0 atom stereocenters. The normalized spacial score (nSPS) is 11.6. The monoisotopic (exact) mass is 201 g/mol. The van der Waals surface area contributed by atoms with Crippen molar-refractivity contribution in [2.75, 3.05) is 13.6 Å². The molecule has 0 aliphatic rings. The zero-order valence-corrected chi connectivity index (χ0v) is 9.04. The molecule has 2 aromatic rings. The quantitative estimate of drug-likeness (QED) is 0.798. The molecule has 15 heavy (non-hydrogen) atoms. The minimum atomic E-state index is 0.889. The highest BCUT2D eigenvalue weighted by molar-refractivity contribution is 5.78. The highest BCUT2D eigenvalue weighted by atomic mass is 14.9. The van der Waals surface area contributed by atoms with Crippen molar-refractivity contribution in [2.24, 2.45) is 0 Å². The molecule has 78 valence electrons. The molecule has 1 heterocycles. The summed E-state index contributed by atoms with van der Waals surface area (Å²) in [4.78, 5) is 7.59. The predicted octanol–water partition coefficient (Wildman–Crippen LogP) is 2.10. The lowest BCUT2D eigenvalue weighted by Gasteiger charge is -1.93. The fourth-order valence-corrected chi connectivity index (χ4v) is 1.57. The maximum absolute atomic E-state index is 4.36. The average Bonchev–Trinajstić information content (AvgIpc) is 2.57. The molecule has 0 saturated carbocycles. The number of imidazole rings is 1. The van der Waals surface area contributed by atoms with E-state index in [1.807, 2.05) is 20.0 Å². The van der Waals surface area contributed by atoms with Crippen LogP contribution in [0.4, 0.5) is 0 Å². The largest absolute Gasteiger partial charge is 0.342 e. The Kier molecular flexibility index (Phi) is 2.83. The Morgan fingerprint density at radius 2 is 2.33 bits per heavy atom. The highest BCUT2D eigenvalue weighted by Crippen LogP contribution is 2.14.